The van der Waals surface area contributed by atoms with Gasteiger partial charge in [-0.2, -0.15) is 0 Å². The summed E-state index contributed by atoms with van der Waals surface area (Å²) in [5.41, 5.74) is 4.55. The van der Waals surface area contributed by atoms with Gasteiger partial charge in [0.2, 0.25) is 0 Å². The van der Waals surface area contributed by atoms with E-state index in [0.717, 1.165) is 32.2 Å². The molecule has 1 aliphatic carbocycles. The number of para-hydroxylation sites is 1. The van der Waals surface area contributed by atoms with Crippen LogP contribution in [0.25, 0.3) is 21.3 Å². The van der Waals surface area contributed by atoms with E-state index in [1.807, 2.05) is 54.6 Å². The molecule has 5 nitrogen and oxygen atoms in total. The maximum atomic E-state index is 12.4. The summed E-state index contributed by atoms with van der Waals surface area (Å²) in [7, 11) is 0. The van der Waals surface area contributed by atoms with E-state index in [9.17, 15) is 9.59 Å². The molecule has 0 aliphatic heterocycles. The first-order valence-electron chi connectivity index (χ1n) is 9.68. The average Bonchev–Trinajstić information content (AvgIpc) is 3.47. The molecular formula is C24H18N2O3S. The maximum Gasteiger partial charge on any atom is 0.307 e. The molecule has 2 N–H and O–H groups in total. The zero-order valence-electron chi connectivity index (χ0n) is 15.9. The van der Waals surface area contributed by atoms with E-state index in [1.54, 1.807) is 23.5 Å². The standard InChI is InChI=1S/C24H18N2O3S/c27-22(18-13-19(18)23(28)29)16-7-5-14(6-8-16)15-9-11-17(12-10-15)25-24-26-20-3-1-2-4-21(20)30-24/h1-12,18-19H,13H2,(H,25,26)(H,28,29)/t18?,19-/m1/s1. The molecule has 0 amide bonds. The Morgan fingerprint density at radius 3 is 2.20 bits per heavy atom. The van der Waals surface area contributed by atoms with Crippen LogP contribution in [0.15, 0.2) is 72.8 Å². The zero-order chi connectivity index (χ0) is 20.7. The van der Waals surface area contributed by atoms with Gasteiger partial charge in [-0.3, -0.25) is 9.59 Å². The highest BCUT2D eigenvalue weighted by Gasteiger charge is 2.48. The minimum absolute atomic E-state index is 0.0793. The largest absolute Gasteiger partial charge is 0.481 e. The minimum atomic E-state index is -0.885. The number of aliphatic carboxylic acids is 1. The number of hydrogen-bond acceptors (Lipinski definition) is 5. The van der Waals surface area contributed by atoms with Crippen molar-refractivity contribution in [1.29, 1.82) is 0 Å². The Balaban J connectivity index is 1.28. The molecule has 148 valence electrons. The Morgan fingerprint density at radius 1 is 0.900 bits per heavy atom. The number of thiazole rings is 1. The van der Waals surface area contributed by atoms with Gasteiger partial charge in [-0.25, -0.2) is 4.98 Å². The smallest absolute Gasteiger partial charge is 0.307 e. The molecule has 0 radical (unpaired) electrons. The number of Topliss-reactive ketones (excluding diaryl/α,β-unsaturated/α-hetero) is 1. The lowest BCUT2D eigenvalue weighted by molar-refractivity contribution is -0.138. The van der Waals surface area contributed by atoms with Gasteiger partial charge < -0.3 is 10.4 Å². The second kappa shape index (κ2) is 7.39. The minimum Gasteiger partial charge on any atom is -0.481 e. The van der Waals surface area contributed by atoms with Crippen molar-refractivity contribution in [2.75, 3.05) is 5.32 Å². The van der Waals surface area contributed by atoms with Crippen LogP contribution in [-0.4, -0.2) is 21.8 Å². The SMILES string of the molecule is O=C(c1ccc(-c2ccc(Nc3nc4ccccc4s3)cc2)cc1)C1C[C@H]1C(=O)O. The summed E-state index contributed by atoms with van der Waals surface area (Å²) in [6.07, 6.45) is 0.443. The van der Waals surface area contributed by atoms with E-state index in [1.165, 1.54) is 0 Å². The highest BCUT2D eigenvalue weighted by Crippen LogP contribution is 2.41. The van der Waals surface area contributed by atoms with E-state index in [-0.39, 0.29) is 11.7 Å². The quantitative estimate of drug-likeness (QED) is 0.401. The van der Waals surface area contributed by atoms with Crippen LogP contribution in [0.4, 0.5) is 10.8 Å². The van der Waals surface area contributed by atoms with Crippen LogP contribution in [0.1, 0.15) is 16.8 Å². The number of aromatic nitrogens is 1. The first-order valence-corrected chi connectivity index (χ1v) is 10.5. The summed E-state index contributed by atoms with van der Waals surface area (Å²) in [6, 6.07) is 23.5. The second-order valence-corrected chi connectivity index (χ2v) is 8.45. The van der Waals surface area contributed by atoms with Crippen molar-refractivity contribution in [1.82, 2.24) is 4.98 Å². The number of rotatable bonds is 6. The first-order chi connectivity index (χ1) is 14.6. The van der Waals surface area contributed by atoms with Crippen LogP contribution >= 0.6 is 11.3 Å². The molecule has 1 fully saturated rings. The monoisotopic (exact) mass is 414 g/mol. The molecule has 2 atom stereocenters. The molecule has 6 heteroatoms. The van der Waals surface area contributed by atoms with Crippen LogP contribution in [0.2, 0.25) is 0 Å². The Labute approximate surface area is 177 Å². The summed E-state index contributed by atoms with van der Waals surface area (Å²) in [5, 5.41) is 13.2. The van der Waals surface area contributed by atoms with E-state index >= 15 is 0 Å². The van der Waals surface area contributed by atoms with Gasteiger partial charge in [0.05, 0.1) is 16.1 Å². The number of nitrogens with one attached hydrogen (secondary N) is 1. The summed E-state index contributed by atoms with van der Waals surface area (Å²) in [5.74, 6) is -1.86. The van der Waals surface area contributed by atoms with Crippen LogP contribution < -0.4 is 5.32 Å². The first kappa shape index (κ1) is 18.5. The molecule has 0 bridgehead atoms. The number of carbonyl (C=O) groups excluding carboxylic acids is 1. The molecule has 1 heterocycles. The van der Waals surface area contributed by atoms with E-state index in [4.69, 9.17) is 5.11 Å². The molecule has 5 rings (SSSR count). The fraction of sp³-hybridized carbons (Fsp3) is 0.125. The van der Waals surface area contributed by atoms with Crippen LogP contribution in [0, 0.1) is 11.8 Å². The highest BCUT2D eigenvalue weighted by molar-refractivity contribution is 7.22. The lowest BCUT2D eigenvalue weighted by atomic mass is 10.0. The number of carbonyl (C=O) groups is 2. The van der Waals surface area contributed by atoms with E-state index in [2.05, 4.69) is 16.4 Å². The predicted octanol–water partition coefficient (Wildman–Crippen LogP) is 5.61. The number of carboxylic acids is 1. The van der Waals surface area contributed by atoms with Crippen molar-refractivity contribution in [2.45, 2.75) is 6.42 Å². The Kier molecular flexibility index (Phi) is 4.56. The number of fused-ring (bicyclic) bond motifs is 1. The van der Waals surface area contributed by atoms with Crippen molar-refractivity contribution in [3.63, 3.8) is 0 Å². The molecular weight excluding hydrogens is 396 g/mol. The van der Waals surface area contributed by atoms with Crippen molar-refractivity contribution >= 4 is 44.1 Å². The van der Waals surface area contributed by atoms with Gasteiger partial charge in [-0.15, -0.1) is 0 Å². The molecule has 1 unspecified atom stereocenters. The Morgan fingerprint density at radius 2 is 1.57 bits per heavy atom. The van der Waals surface area contributed by atoms with Crippen molar-refractivity contribution < 1.29 is 14.7 Å². The topological polar surface area (TPSA) is 79.3 Å². The third kappa shape index (κ3) is 3.57. The van der Waals surface area contributed by atoms with Gasteiger partial charge in [0, 0.05) is 17.2 Å². The molecule has 0 spiro atoms. The summed E-state index contributed by atoms with van der Waals surface area (Å²) >= 11 is 1.62. The van der Waals surface area contributed by atoms with Crippen LogP contribution in [0.3, 0.4) is 0 Å². The third-order valence-electron chi connectivity index (χ3n) is 5.38. The van der Waals surface area contributed by atoms with Crippen LogP contribution in [-0.2, 0) is 4.79 Å². The van der Waals surface area contributed by atoms with Gasteiger partial charge in [0.1, 0.15) is 0 Å². The molecule has 30 heavy (non-hydrogen) atoms. The van der Waals surface area contributed by atoms with Crippen molar-refractivity contribution in [2.24, 2.45) is 11.8 Å². The van der Waals surface area contributed by atoms with Crippen molar-refractivity contribution in [3.8, 4) is 11.1 Å². The summed E-state index contributed by atoms with van der Waals surface area (Å²) in [4.78, 5) is 27.9. The van der Waals surface area contributed by atoms with Gasteiger partial charge in [-0.05, 0) is 41.8 Å². The third-order valence-corrected chi connectivity index (χ3v) is 6.33. The predicted molar refractivity (Wildman–Crippen MR) is 118 cm³/mol. The molecule has 1 aliphatic rings. The highest BCUT2D eigenvalue weighted by atomic mass is 32.1. The molecule has 1 aromatic heterocycles. The lowest BCUT2D eigenvalue weighted by Crippen LogP contribution is -2.08. The number of carboxylic acid groups (broad SMARTS) is 1. The van der Waals surface area contributed by atoms with Crippen LogP contribution in [0.5, 0.6) is 0 Å². The molecule has 1 saturated carbocycles. The molecule has 3 aromatic carbocycles. The molecule has 4 aromatic rings. The van der Waals surface area contributed by atoms with E-state index < -0.39 is 11.9 Å². The van der Waals surface area contributed by atoms with Gasteiger partial charge in [0.15, 0.2) is 10.9 Å². The van der Waals surface area contributed by atoms with E-state index in [0.29, 0.717) is 12.0 Å². The average molecular weight is 414 g/mol. The van der Waals surface area contributed by atoms with Gasteiger partial charge in [-0.1, -0.05) is 59.9 Å². The molecule has 0 saturated heterocycles. The normalized spacial score (nSPS) is 17.6. The fourth-order valence-corrected chi connectivity index (χ4v) is 4.48. The number of anilines is 2. The number of benzene rings is 3. The zero-order valence-corrected chi connectivity index (χ0v) is 16.7. The Bertz CT molecular complexity index is 1210. The lowest BCUT2D eigenvalue weighted by Gasteiger charge is -2.06. The second-order valence-electron chi connectivity index (χ2n) is 7.42. The number of nitrogens with zero attached hydrogens (tertiary/aromatic N) is 1. The maximum absolute atomic E-state index is 12.4. The van der Waals surface area contributed by atoms with Gasteiger partial charge in [0.25, 0.3) is 0 Å². The number of hydrogen-bond donors (Lipinski definition) is 2. The Hall–Kier alpha value is -3.51. The van der Waals surface area contributed by atoms with Crippen molar-refractivity contribution in [3.05, 3.63) is 78.4 Å². The van der Waals surface area contributed by atoms with Gasteiger partial charge >= 0.3 is 5.97 Å². The summed E-state index contributed by atoms with van der Waals surface area (Å²) in [6.45, 7) is 0. The fourth-order valence-electron chi connectivity index (χ4n) is 3.59. The number of ketones is 1. The summed E-state index contributed by atoms with van der Waals surface area (Å²) < 4.78 is 1.15.